The maximum Gasteiger partial charge on any atom is 0.267 e. The molecule has 0 amide bonds. The Bertz CT molecular complexity index is 44.9. The molecule has 0 N–H and O–H groups in total. The van der Waals surface area contributed by atoms with Crippen molar-refractivity contribution in [3.05, 3.63) is 0 Å². The molecule has 0 aliphatic carbocycles. The Hall–Kier alpha value is 0.720. The summed E-state index contributed by atoms with van der Waals surface area (Å²) in [4.78, 5) is 9.48. The molecule has 5 heavy (non-hydrogen) atoms. The minimum atomic E-state index is 0. The van der Waals surface area contributed by atoms with E-state index in [2.05, 4.69) is 0 Å². The van der Waals surface area contributed by atoms with E-state index in [1.807, 2.05) is 0 Å². The molecule has 0 atom stereocenters. The lowest BCUT2D eigenvalue weighted by Crippen LogP contribution is -1.25. The van der Waals surface area contributed by atoms with E-state index < -0.39 is 0 Å². The maximum atomic E-state index is 9.48. The molecule has 0 spiro atoms. The molecule has 1 saturated heterocycles. The van der Waals surface area contributed by atoms with E-state index in [9.17, 15) is 4.79 Å². The van der Waals surface area contributed by atoms with Crippen LogP contribution in [0.2, 0.25) is 0 Å². The highest BCUT2D eigenvalue weighted by Gasteiger charge is 2.18. The fraction of sp³-hybridized carbons (Fsp3) is 0. The zero-order valence-electron chi connectivity index (χ0n) is 2.13. The molecule has 0 bridgehead atoms. The van der Waals surface area contributed by atoms with Gasteiger partial charge in [0, 0.05) is 35.1 Å². The number of hydrogen-bond acceptors (Lipinski definition) is 3. The van der Waals surface area contributed by atoms with Crippen LogP contribution in [0.3, 0.4) is 0 Å². The van der Waals surface area contributed by atoms with Crippen molar-refractivity contribution < 1.29 is 4.79 Å². The van der Waals surface area contributed by atoms with Gasteiger partial charge in [-0.05, 0) is 0 Å². The van der Waals surface area contributed by atoms with Gasteiger partial charge in [-0.3, -0.25) is 4.79 Å². The van der Waals surface area contributed by atoms with Crippen molar-refractivity contribution in [2.45, 2.75) is 0 Å². The molecule has 0 unspecified atom stereocenters. The van der Waals surface area contributed by atoms with E-state index in [1.54, 1.807) is 0 Å². The van der Waals surface area contributed by atoms with E-state index in [0.717, 1.165) is 0 Å². The lowest BCUT2D eigenvalue weighted by molar-refractivity contribution is 0.278. The van der Waals surface area contributed by atoms with Crippen LogP contribution in [0.25, 0.3) is 0 Å². The molecule has 0 aromatic carbocycles. The van der Waals surface area contributed by atoms with Gasteiger partial charge in [0.2, 0.25) is 0 Å². The highest BCUT2D eigenvalue weighted by Crippen LogP contribution is 2.46. The highest BCUT2D eigenvalue weighted by molar-refractivity contribution is 9.09. The van der Waals surface area contributed by atoms with Crippen molar-refractivity contribution in [2.24, 2.45) is 0 Å². The van der Waals surface area contributed by atoms with Crippen molar-refractivity contribution in [1.82, 2.24) is 0 Å². The monoisotopic (exact) mass is 124 g/mol. The van der Waals surface area contributed by atoms with Gasteiger partial charge in [0.05, 0.1) is 0 Å². The van der Waals surface area contributed by atoms with Crippen LogP contribution in [0.1, 0.15) is 0 Å². The Labute approximate surface area is 44.7 Å². The van der Waals surface area contributed by atoms with Gasteiger partial charge in [-0.15, -0.1) is 0 Å². The SMILES string of the molecule is O=C1SS1.[S]. The molecular formula is COS3. The van der Waals surface area contributed by atoms with Gasteiger partial charge in [-0.1, -0.05) is 0 Å². The third-order valence-corrected chi connectivity index (χ3v) is 1.36. The third-order valence-electron chi connectivity index (χ3n) is 0.151. The zero-order valence-corrected chi connectivity index (χ0v) is 4.58. The maximum absolute atomic E-state index is 9.48. The van der Waals surface area contributed by atoms with Crippen LogP contribution in [-0.2, 0) is 0 Å². The number of carbonyl (C=O) groups excluding carboxylic acids is 1. The van der Waals surface area contributed by atoms with Crippen molar-refractivity contribution >= 4 is 39.5 Å². The van der Waals surface area contributed by atoms with Crippen LogP contribution < -0.4 is 0 Å². The van der Waals surface area contributed by atoms with Crippen LogP contribution in [0.15, 0.2) is 0 Å². The Kier molecular flexibility index (Phi) is 2.28. The second kappa shape index (κ2) is 2.00. The summed E-state index contributed by atoms with van der Waals surface area (Å²) in [5.74, 6) is 0. The minimum absolute atomic E-state index is 0. The van der Waals surface area contributed by atoms with Crippen LogP contribution in [0, 0.1) is 0 Å². The Balaban J connectivity index is 0.000000160. The fourth-order valence-corrected chi connectivity index (χ4v) is 0.153. The predicted octanol–water partition coefficient (Wildman–Crippen LogP) is 2.15. The largest absolute Gasteiger partial charge is 0.273 e. The Morgan fingerprint density at radius 3 is 1.60 bits per heavy atom. The summed E-state index contributed by atoms with van der Waals surface area (Å²) in [6, 6.07) is 0. The molecule has 1 aliphatic rings. The first-order valence-electron chi connectivity index (χ1n) is 0.779. The van der Waals surface area contributed by atoms with Crippen molar-refractivity contribution in [3.63, 3.8) is 0 Å². The minimum Gasteiger partial charge on any atom is -0.273 e. The zero-order chi connectivity index (χ0) is 2.99. The van der Waals surface area contributed by atoms with E-state index >= 15 is 0 Å². The molecule has 0 aromatic rings. The Morgan fingerprint density at radius 2 is 1.60 bits per heavy atom. The smallest absolute Gasteiger partial charge is 0.267 e. The first-order valence-corrected chi connectivity index (χ1v) is 2.93. The van der Waals surface area contributed by atoms with Gasteiger partial charge in [0.25, 0.3) is 4.45 Å². The number of carbonyl (C=O) groups is 1. The molecule has 1 heterocycles. The topological polar surface area (TPSA) is 17.1 Å². The summed E-state index contributed by atoms with van der Waals surface area (Å²) in [7, 11) is 2.60. The lowest BCUT2D eigenvalue weighted by atomic mass is 11.8. The van der Waals surface area contributed by atoms with Crippen LogP contribution in [-0.4, -0.2) is 4.45 Å². The molecule has 2 radical (unpaired) electrons. The third kappa shape index (κ3) is 2.52. The first-order chi connectivity index (χ1) is 1.89. The number of rotatable bonds is 0. The van der Waals surface area contributed by atoms with E-state index in [0.29, 0.717) is 0 Å². The average molecular weight is 124 g/mol. The van der Waals surface area contributed by atoms with Crippen LogP contribution in [0.4, 0.5) is 4.79 Å². The fourth-order valence-electron chi connectivity index (χ4n) is 0.0170. The summed E-state index contributed by atoms with van der Waals surface area (Å²) in [6.45, 7) is 0. The summed E-state index contributed by atoms with van der Waals surface area (Å²) in [6.07, 6.45) is 0. The van der Waals surface area contributed by atoms with Gasteiger partial charge in [0.15, 0.2) is 0 Å². The first kappa shape index (κ1) is 5.72. The molecular weight excluding hydrogens is 124 g/mol. The summed E-state index contributed by atoms with van der Waals surface area (Å²) < 4.78 is 0.250. The van der Waals surface area contributed by atoms with E-state index in [-0.39, 0.29) is 17.9 Å². The number of hydrogen-bond donors (Lipinski definition) is 0. The van der Waals surface area contributed by atoms with Gasteiger partial charge in [-0.2, -0.15) is 0 Å². The second-order valence-electron chi connectivity index (χ2n) is 0.417. The summed E-state index contributed by atoms with van der Waals surface area (Å²) in [5, 5.41) is 0. The van der Waals surface area contributed by atoms with Gasteiger partial charge in [-0.25, -0.2) is 0 Å². The highest BCUT2D eigenvalue weighted by atomic mass is 33.2. The van der Waals surface area contributed by atoms with Crippen molar-refractivity contribution in [1.29, 1.82) is 0 Å². The normalized spacial score (nSPS) is 17.2. The quantitative estimate of drug-likeness (QED) is 0.364. The molecule has 1 aliphatic heterocycles. The lowest BCUT2D eigenvalue weighted by Gasteiger charge is -1.19. The Morgan fingerprint density at radius 1 is 1.40 bits per heavy atom. The van der Waals surface area contributed by atoms with Crippen LogP contribution in [0.5, 0.6) is 0 Å². The molecule has 28 valence electrons. The molecule has 1 fully saturated rings. The molecule has 0 saturated carbocycles. The standard InChI is InChI=1S/COS2.S/c2-1-3-4-1;. The average Bonchev–Trinajstić information content (AvgIpc) is 1.75. The van der Waals surface area contributed by atoms with E-state index in [4.69, 9.17) is 0 Å². The molecule has 0 aromatic heterocycles. The van der Waals surface area contributed by atoms with Gasteiger partial charge < -0.3 is 0 Å². The van der Waals surface area contributed by atoms with Crippen molar-refractivity contribution in [2.75, 3.05) is 0 Å². The molecule has 1 nitrogen and oxygen atoms in total. The van der Waals surface area contributed by atoms with Crippen LogP contribution >= 0.6 is 35.1 Å². The van der Waals surface area contributed by atoms with Gasteiger partial charge >= 0.3 is 0 Å². The molecule has 4 heteroatoms. The molecule has 1 rings (SSSR count). The summed E-state index contributed by atoms with van der Waals surface area (Å²) in [5.41, 5.74) is 0. The second-order valence-corrected chi connectivity index (χ2v) is 2.75. The van der Waals surface area contributed by atoms with Gasteiger partial charge in [0.1, 0.15) is 0 Å². The summed E-state index contributed by atoms with van der Waals surface area (Å²) >= 11 is 0. The predicted molar refractivity (Wildman–Crippen MR) is 28.2 cm³/mol. The van der Waals surface area contributed by atoms with E-state index in [1.165, 1.54) is 21.6 Å². The van der Waals surface area contributed by atoms with Crippen molar-refractivity contribution in [3.8, 4) is 0 Å².